The van der Waals surface area contributed by atoms with Gasteiger partial charge in [0.25, 0.3) is 11.8 Å². The molecule has 0 bridgehead atoms. The van der Waals surface area contributed by atoms with Crippen LogP contribution in [0.1, 0.15) is 26.3 Å². The van der Waals surface area contributed by atoms with Crippen LogP contribution in [0.5, 0.6) is 0 Å². The van der Waals surface area contributed by atoms with Crippen LogP contribution in [0.4, 0.5) is 5.69 Å². The van der Waals surface area contributed by atoms with Crippen LogP contribution >= 0.6 is 0 Å². The lowest BCUT2D eigenvalue weighted by atomic mass is 10.2. The van der Waals surface area contributed by atoms with Gasteiger partial charge in [0.2, 0.25) is 0 Å². The van der Waals surface area contributed by atoms with E-state index in [1.54, 1.807) is 48.6 Å². The smallest absolute Gasteiger partial charge is 0.272 e. The van der Waals surface area contributed by atoms with E-state index < -0.39 is 17.8 Å². The highest BCUT2D eigenvalue weighted by Crippen LogP contribution is 2.12. The largest absolute Gasteiger partial charge is 0.545 e. The van der Waals surface area contributed by atoms with Crippen LogP contribution in [0.2, 0.25) is 0 Å². The summed E-state index contributed by atoms with van der Waals surface area (Å²) in [5, 5.41) is 16.3. The number of aromatic carboxylic acids is 1. The number of carboxylic acids is 1. The second kappa shape index (κ2) is 10.4. The third kappa shape index (κ3) is 6.27. The Hall–Kier alpha value is -4.45. The quantitative estimate of drug-likeness (QED) is 0.461. The van der Waals surface area contributed by atoms with Gasteiger partial charge < -0.3 is 20.5 Å². The maximum absolute atomic E-state index is 12.8. The molecule has 3 rings (SSSR count). The van der Waals surface area contributed by atoms with Crippen LogP contribution in [-0.4, -0.2) is 17.8 Å². The summed E-state index contributed by atoms with van der Waals surface area (Å²) in [5.74, 6) is -2.40. The Balaban J connectivity index is 1.83. The number of amides is 2. The molecule has 3 aromatic carbocycles. The molecular weight excluding hydrogens is 392 g/mol. The number of hydrogen-bond acceptors (Lipinski definition) is 4. The number of anilines is 1. The van der Waals surface area contributed by atoms with Crippen LogP contribution in [0.15, 0.2) is 103 Å². The van der Waals surface area contributed by atoms with E-state index in [9.17, 15) is 19.5 Å². The Bertz CT molecular complexity index is 1140. The second-order valence-corrected chi connectivity index (χ2v) is 6.49. The average Bonchev–Trinajstić information content (AvgIpc) is 2.79. The van der Waals surface area contributed by atoms with E-state index in [1.807, 2.05) is 30.3 Å². The van der Waals surface area contributed by atoms with Crippen molar-refractivity contribution < 1.29 is 19.5 Å². The van der Waals surface area contributed by atoms with Gasteiger partial charge in [-0.15, -0.1) is 0 Å². The lowest BCUT2D eigenvalue weighted by Crippen LogP contribution is -2.31. The predicted molar refractivity (Wildman–Crippen MR) is 117 cm³/mol. The lowest BCUT2D eigenvalue weighted by Gasteiger charge is -2.12. The van der Waals surface area contributed by atoms with Gasteiger partial charge in [0, 0.05) is 11.3 Å². The first-order chi connectivity index (χ1) is 15.0. The Morgan fingerprint density at radius 3 is 2.10 bits per heavy atom. The first-order valence-electron chi connectivity index (χ1n) is 9.45. The fraction of sp³-hybridized carbons (Fsp3) is 0. The van der Waals surface area contributed by atoms with Crippen LogP contribution in [-0.2, 0) is 4.79 Å². The Morgan fingerprint density at radius 2 is 1.42 bits per heavy atom. The number of rotatable bonds is 7. The standard InChI is InChI=1S/C25H20N2O4/c28-23(19-12-5-2-6-13-19)27-22(16-7-11-18-9-3-1-4-10-18)24(29)26-21-15-8-14-20(17-21)25(30)31/h1-17H,(H,26,29)(H,27,28)(H,30,31)/p-1/b11-7+,22-16+. The molecule has 0 aliphatic carbocycles. The van der Waals surface area contributed by atoms with E-state index in [4.69, 9.17) is 0 Å². The molecule has 0 radical (unpaired) electrons. The lowest BCUT2D eigenvalue weighted by molar-refractivity contribution is -0.255. The maximum Gasteiger partial charge on any atom is 0.272 e. The van der Waals surface area contributed by atoms with Crippen molar-refractivity contribution in [1.82, 2.24) is 5.32 Å². The van der Waals surface area contributed by atoms with Crippen LogP contribution < -0.4 is 15.7 Å². The van der Waals surface area contributed by atoms with Crippen molar-refractivity contribution in [3.05, 3.63) is 119 Å². The average molecular weight is 411 g/mol. The van der Waals surface area contributed by atoms with E-state index in [2.05, 4.69) is 10.6 Å². The van der Waals surface area contributed by atoms with Crippen LogP contribution in [0, 0.1) is 0 Å². The normalized spacial score (nSPS) is 11.2. The molecule has 0 unspecified atom stereocenters. The van der Waals surface area contributed by atoms with Gasteiger partial charge in [0.15, 0.2) is 0 Å². The Morgan fingerprint density at radius 1 is 0.774 bits per heavy atom. The molecule has 0 aromatic heterocycles. The minimum absolute atomic E-state index is 0.000104. The van der Waals surface area contributed by atoms with Crippen molar-refractivity contribution in [3.8, 4) is 0 Å². The summed E-state index contributed by atoms with van der Waals surface area (Å²) in [7, 11) is 0. The van der Waals surface area contributed by atoms with E-state index in [0.717, 1.165) is 5.56 Å². The number of carbonyl (C=O) groups excluding carboxylic acids is 3. The highest BCUT2D eigenvalue weighted by Gasteiger charge is 2.14. The van der Waals surface area contributed by atoms with Crippen molar-refractivity contribution in [2.24, 2.45) is 0 Å². The van der Waals surface area contributed by atoms with Gasteiger partial charge in [-0.25, -0.2) is 0 Å². The molecule has 0 saturated heterocycles. The molecule has 0 heterocycles. The SMILES string of the molecule is O=C(Nc1cccc(C(=O)[O-])c1)/C(=C\C=C\c1ccccc1)NC(=O)c1ccccc1. The van der Waals surface area contributed by atoms with Gasteiger partial charge in [-0.1, -0.05) is 72.8 Å². The van der Waals surface area contributed by atoms with E-state index in [0.29, 0.717) is 5.56 Å². The van der Waals surface area contributed by atoms with Gasteiger partial charge in [-0.3, -0.25) is 9.59 Å². The van der Waals surface area contributed by atoms with E-state index >= 15 is 0 Å². The summed E-state index contributed by atoms with van der Waals surface area (Å²) in [6, 6.07) is 23.6. The predicted octanol–water partition coefficient (Wildman–Crippen LogP) is 3.02. The van der Waals surface area contributed by atoms with Gasteiger partial charge >= 0.3 is 0 Å². The van der Waals surface area contributed by atoms with Gasteiger partial charge in [-0.2, -0.15) is 0 Å². The molecule has 0 atom stereocenters. The molecule has 2 amide bonds. The van der Waals surface area contributed by atoms with Crippen molar-refractivity contribution in [2.45, 2.75) is 0 Å². The van der Waals surface area contributed by atoms with Gasteiger partial charge in [0.1, 0.15) is 5.70 Å². The van der Waals surface area contributed by atoms with Crippen molar-refractivity contribution in [2.75, 3.05) is 5.32 Å². The van der Waals surface area contributed by atoms with Crippen LogP contribution in [0.25, 0.3) is 6.08 Å². The molecule has 6 nitrogen and oxygen atoms in total. The molecule has 0 aliphatic rings. The summed E-state index contributed by atoms with van der Waals surface area (Å²) in [6.45, 7) is 0. The molecule has 6 heteroatoms. The highest BCUT2D eigenvalue weighted by molar-refractivity contribution is 6.08. The van der Waals surface area contributed by atoms with Crippen molar-refractivity contribution in [1.29, 1.82) is 0 Å². The van der Waals surface area contributed by atoms with Gasteiger partial charge in [0.05, 0.1) is 5.97 Å². The van der Waals surface area contributed by atoms with Crippen molar-refractivity contribution in [3.63, 3.8) is 0 Å². The second-order valence-electron chi connectivity index (χ2n) is 6.49. The number of carboxylic acid groups (broad SMARTS) is 1. The molecule has 2 N–H and O–H groups in total. The first kappa shape index (κ1) is 21.3. The zero-order chi connectivity index (χ0) is 22.1. The van der Waals surface area contributed by atoms with E-state index in [1.165, 1.54) is 24.3 Å². The van der Waals surface area contributed by atoms with E-state index in [-0.39, 0.29) is 16.9 Å². The summed E-state index contributed by atoms with van der Waals surface area (Å²) >= 11 is 0. The van der Waals surface area contributed by atoms with Gasteiger partial charge in [-0.05, 0) is 41.5 Å². The first-order valence-corrected chi connectivity index (χ1v) is 9.45. The fourth-order valence-corrected chi connectivity index (χ4v) is 2.70. The molecule has 0 saturated carbocycles. The molecule has 31 heavy (non-hydrogen) atoms. The summed E-state index contributed by atoms with van der Waals surface area (Å²) in [6.07, 6.45) is 4.91. The molecule has 3 aromatic rings. The number of carbonyl (C=O) groups is 3. The monoisotopic (exact) mass is 411 g/mol. The summed E-state index contributed by atoms with van der Waals surface area (Å²) in [5.41, 5.74) is 1.51. The molecule has 0 fully saturated rings. The Kier molecular flexibility index (Phi) is 7.11. The zero-order valence-corrected chi connectivity index (χ0v) is 16.4. The maximum atomic E-state index is 12.8. The minimum Gasteiger partial charge on any atom is -0.545 e. The zero-order valence-electron chi connectivity index (χ0n) is 16.4. The fourth-order valence-electron chi connectivity index (χ4n) is 2.70. The highest BCUT2D eigenvalue weighted by atomic mass is 16.4. The number of hydrogen-bond donors (Lipinski definition) is 2. The summed E-state index contributed by atoms with van der Waals surface area (Å²) < 4.78 is 0. The minimum atomic E-state index is -1.35. The third-order valence-electron chi connectivity index (χ3n) is 4.24. The molecule has 0 spiro atoms. The topological polar surface area (TPSA) is 98.3 Å². The Labute approximate surface area is 179 Å². The summed E-state index contributed by atoms with van der Waals surface area (Å²) in [4.78, 5) is 36.4. The van der Waals surface area contributed by atoms with Crippen LogP contribution in [0.3, 0.4) is 0 Å². The number of allylic oxidation sites excluding steroid dienone is 2. The molecule has 154 valence electrons. The number of benzene rings is 3. The molecular formula is C25H19N2O4-. The molecule has 0 aliphatic heterocycles. The third-order valence-corrected chi connectivity index (χ3v) is 4.24. The van der Waals surface area contributed by atoms with Crippen molar-refractivity contribution >= 4 is 29.5 Å². The number of nitrogens with one attached hydrogen (secondary N) is 2.